The molecule has 7 nitrogen and oxygen atoms in total. The van der Waals surface area contributed by atoms with E-state index >= 15 is 0 Å². The molecule has 2 heterocycles. The van der Waals surface area contributed by atoms with Gasteiger partial charge in [-0.2, -0.15) is 5.10 Å². The molecule has 0 radical (unpaired) electrons. The second kappa shape index (κ2) is 8.14. The smallest absolute Gasteiger partial charge is 0.314 e. The Balaban J connectivity index is 1.58. The number of hydrogen-bond acceptors (Lipinski definition) is 4. The first-order valence-electron chi connectivity index (χ1n) is 8.88. The number of aromatic nitrogens is 2. The average Bonchev–Trinajstić information content (AvgIpc) is 3.27. The lowest BCUT2D eigenvalue weighted by molar-refractivity contribution is -0.133. The van der Waals surface area contributed by atoms with Gasteiger partial charge < -0.3 is 15.4 Å². The minimum atomic E-state index is -0.722. The zero-order valence-electron chi connectivity index (χ0n) is 15.1. The fourth-order valence-electron chi connectivity index (χ4n) is 3.01. The predicted octanol–water partition coefficient (Wildman–Crippen LogP) is 2.76. The molecule has 2 amide bonds. The van der Waals surface area contributed by atoms with Gasteiger partial charge in [0.2, 0.25) is 0 Å². The van der Waals surface area contributed by atoms with Gasteiger partial charge in [0, 0.05) is 18.5 Å². The molecule has 0 bridgehead atoms. The van der Waals surface area contributed by atoms with Crippen molar-refractivity contribution in [2.24, 2.45) is 0 Å². The number of carbonyl (C=O) groups excluding carboxylic acids is 2. The molecule has 1 fully saturated rings. The van der Waals surface area contributed by atoms with Crippen molar-refractivity contribution in [2.45, 2.75) is 45.3 Å². The number of carbonyl (C=O) groups is 2. The summed E-state index contributed by atoms with van der Waals surface area (Å²) in [6.45, 7) is 5.50. The molecular weight excluding hydrogens is 332 g/mol. The molecule has 1 unspecified atom stereocenters. The molecule has 1 aliphatic rings. The van der Waals surface area contributed by atoms with Crippen LogP contribution in [0.3, 0.4) is 0 Å². The highest BCUT2D eigenvalue weighted by Gasteiger charge is 2.19. The normalized spacial score (nSPS) is 16.7. The Morgan fingerprint density at radius 2 is 2.04 bits per heavy atom. The third-order valence-corrected chi connectivity index (χ3v) is 4.34. The zero-order chi connectivity index (χ0) is 18.5. The topological polar surface area (TPSA) is 85.3 Å². The van der Waals surface area contributed by atoms with Gasteiger partial charge in [0.05, 0.1) is 24.5 Å². The molecule has 1 atom stereocenters. The third kappa shape index (κ3) is 4.49. The Hall–Kier alpha value is -2.67. The molecule has 1 aliphatic heterocycles. The third-order valence-electron chi connectivity index (χ3n) is 4.34. The summed E-state index contributed by atoms with van der Waals surface area (Å²) < 4.78 is 7.29. The van der Waals surface area contributed by atoms with E-state index in [2.05, 4.69) is 15.7 Å². The van der Waals surface area contributed by atoms with E-state index in [0.717, 1.165) is 25.0 Å². The molecule has 7 heteroatoms. The largest absolute Gasteiger partial charge is 0.376 e. The van der Waals surface area contributed by atoms with Gasteiger partial charge in [-0.25, -0.2) is 0 Å². The van der Waals surface area contributed by atoms with E-state index < -0.39 is 11.8 Å². The molecule has 3 rings (SSSR count). The highest BCUT2D eigenvalue weighted by molar-refractivity contribution is 6.43. The maximum atomic E-state index is 12.2. The van der Waals surface area contributed by atoms with Crippen molar-refractivity contribution in [1.82, 2.24) is 9.78 Å². The van der Waals surface area contributed by atoms with Crippen LogP contribution in [0.1, 0.15) is 38.2 Å². The lowest BCUT2D eigenvalue weighted by Crippen LogP contribution is -2.29. The average molecular weight is 356 g/mol. The number of amides is 2. The van der Waals surface area contributed by atoms with Crippen molar-refractivity contribution < 1.29 is 14.3 Å². The molecule has 1 saturated heterocycles. The van der Waals surface area contributed by atoms with Crippen molar-refractivity contribution in [3.63, 3.8) is 0 Å². The van der Waals surface area contributed by atoms with Crippen LogP contribution in [0.2, 0.25) is 0 Å². The molecular formula is C19H24N4O3. The Morgan fingerprint density at radius 3 is 2.77 bits per heavy atom. The summed E-state index contributed by atoms with van der Waals surface area (Å²) in [7, 11) is 0. The number of anilines is 2. The van der Waals surface area contributed by atoms with Gasteiger partial charge in [-0.3, -0.25) is 14.3 Å². The van der Waals surface area contributed by atoms with Crippen LogP contribution in [0.15, 0.2) is 36.7 Å². The van der Waals surface area contributed by atoms with E-state index in [0.29, 0.717) is 17.9 Å². The van der Waals surface area contributed by atoms with Crippen LogP contribution in [0.4, 0.5) is 11.4 Å². The van der Waals surface area contributed by atoms with E-state index in [-0.39, 0.29) is 12.0 Å². The maximum absolute atomic E-state index is 12.2. The number of rotatable bonds is 5. The van der Waals surface area contributed by atoms with Gasteiger partial charge in [-0.05, 0) is 30.4 Å². The molecule has 138 valence electrons. The Bertz CT molecular complexity index is 779. The van der Waals surface area contributed by atoms with E-state index in [1.165, 1.54) is 6.20 Å². The number of para-hydroxylation sites is 1. The van der Waals surface area contributed by atoms with Crippen LogP contribution < -0.4 is 10.6 Å². The summed E-state index contributed by atoms with van der Waals surface area (Å²) in [6.07, 6.45) is 5.47. The fraction of sp³-hybridized carbons (Fsp3) is 0.421. The first-order valence-corrected chi connectivity index (χ1v) is 8.88. The van der Waals surface area contributed by atoms with Gasteiger partial charge in [0.15, 0.2) is 0 Å². The SMILES string of the molecule is CC(C)c1ccccc1NC(=O)C(=O)Nc1cnn(CC2CCCO2)c1. The quantitative estimate of drug-likeness (QED) is 0.807. The van der Waals surface area contributed by atoms with Crippen LogP contribution in [-0.2, 0) is 20.9 Å². The van der Waals surface area contributed by atoms with Crippen LogP contribution in [-0.4, -0.2) is 34.3 Å². The summed E-state index contributed by atoms with van der Waals surface area (Å²) in [4.78, 5) is 24.4. The lowest BCUT2D eigenvalue weighted by atomic mass is 10.0. The number of nitrogens with one attached hydrogen (secondary N) is 2. The van der Waals surface area contributed by atoms with E-state index in [1.807, 2.05) is 32.0 Å². The summed E-state index contributed by atoms with van der Waals surface area (Å²) >= 11 is 0. The summed E-state index contributed by atoms with van der Waals surface area (Å²) in [6, 6.07) is 7.47. The molecule has 26 heavy (non-hydrogen) atoms. The molecule has 0 saturated carbocycles. The van der Waals surface area contributed by atoms with Gasteiger partial charge in [0.25, 0.3) is 0 Å². The predicted molar refractivity (Wildman–Crippen MR) is 99.0 cm³/mol. The zero-order valence-corrected chi connectivity index (χ0v) is 15.1. The first-order chi connectivity index (χ1) is 12.5. The number of nitrogens with zero attached hydrogens (tertiary/aromatic N) is 2. The van der Waals surface area contributed by atoms with Gasteiger partial charge >= 0.3 is 11.8 Å². The first kappa shape index (κ1) is 18.1. The standard InChI is InChI=1S/C19H24N4O3/c1-13(2)16-7-3-4-8-17(16)22-19(25)18(24)21-14-10-20-23(11-14)12-15-6-5-9-26-15/h3-4,7-8,10-11,13,15H,5-6,9,12H2,1-2H3,(H,21,24)(H,22,25). The molecule has 0 aliphatic carbocycles. The highest BCUT2D eigenvalue weighted by Crippen LogP contribution is 2.23. The lowest BCUT2D eigenvalue weighted by Gasteiger charge is -2.13. The molecule has 2 N–H and O–H groups in total. The van der Waals surface area contributed by atoms with Crippen molar-refractivity contribution in [2.75, 3.05) is 17.2 Å². The monoisotopic (exact) mass is 356 g/mol. The Labute approximate surface area is 152 Å². The maximum Gasteiger partial charge on any atom is 0.314 e. The summed E-state index contributed by atoms with van der Waals surface area (Å²) in [5.41, 5.74) is 2.12. The van der Waals surface area contributed by atoms with Gasteiger partial charge in [-0.15, -0.1) is 0 Å². The molecule has 1 aromatic heterocycles. The number of hydrogen-bond donors (Lipinski definition) is 2. The fourth-order valence-corrected chi connectivity index (χ4v) is 3.01. The van der Waals surface area contributed by atoms with Crippen molar-refractivity contribution >= 4 is 23.2 Å². The van der Waals surface area contributed by atoms with E-state index in [1.54, 1.807) is 16.9 Å². The van der Waals surface area contributed by atoms with Crippen LogP contribution in [0, 0.1) is 0 Å². The van der Waals surface area contributed by atoms with Gasteiger partial charge in [-0.1, -0.05) is 32.0 Å². The summed E-state index contributed by atoms with van der Waals surface area (Å²) in [5.74, 6) is -1.18. The number of ether oxygens (including phenoxy) is 1. The van der Waals surface area contributed by atoms with Gasteiger partial charge in [0.1, 0.15) is 0 Å². The van der Waals surface area contributed by atoms with Crippen LogP contribution in [0.5, 0.6) is 0 Å². The summed E-state index contributed by atoms with van der Waals surface area (Å²) in [5, 5.41) is 9.46. The van der Waals surface area contributed by atoms with Crippen molar-refractivity contribution in [3.05, 3.63) is 42.2 Å². The number of benzene rings is 1. The Morgan fingerprint density at radius 1 is 1.27 bits per heavy atom. The van der Waals surface area contributed by atoms with E-state index in [9.17, 15) is 9.59 Å². The Kier molecular flexibility index (Phi) is 5.68. The van der Waals surface area contributed by atoms with Crippen molar-refractivity contribution in [1.29, 1.82) is 0 Å². The van der Waals surface area contributed by atoms with E-state index in [4.69, 9.17) is 4.74 Å². The molecule has 0 spiro atoms. The molecule has 2 aromatic rings. The second-order valence-electron chi connectivity index (χ2n) is 6.74. The highest BCUT2D eigenvalue weighted by atomic mass is 16.5. The van der Waals surface area contributed by atoms with Crippen LogP contribution in [0.25, 0.3) is 0 Å². The van der Waals surface area contributed by atoms with Crippen molar-refractivity contribution in [3.8, 4) is 0 Å². The minimum Gasteiger partial charge on any atom is -0.376 e. The minimum absolute atomic E-state index is 0.161. The molecule has 1 aromatic carbocycles. The second-order valence-corrected chi connectivity index (χ2v) is 6.74. The van der Waals surface area contributed by atoms with Crippen LogP contribution >= 0.6 is 0 Å².